The Labute approximate surface area is 135 Å². The standard InChI is InChI=1S/C16H20N4O.ClH/c1-10-12(4-7-17-10)16(21)20-8-5-13-14(6-9-20)18-19-15(13)11-2-3-11;/h4,7,11,17H,2-3,5-6,8-9H2,1H3,(H,18,19);1H. The molecule has 6 heteroatoms. The van der Waals surface area contributed by atoms with E-state index in [0.717, 1.165) is 37.2 Å². The number of carbonyl (C=O) groups is 1. The number of halogens is 1. The van der Waals surface area contributed by atoms with Crippen LogP contribution in [-0.4, -0.2) is 39.1 Å². The number of fused-ring (bicyclic) bond motifs is 1. The minimum Gasteiger partial charge on any atom is -0.365 e. The van der Waals surface area contributed by atoms with Crippen LogP contribution in [0.1, 0.15) is 51.8 Å². The van der Waals surface area contributed by atoms with Crippen molar-refractivity contribution < 1.29 is 4.79 Å². The summed E-state index contributed by atoms with van der Waals surface area (Å²) in [4.78, 5) is 17.7. The van der Waals surface area contributed by atoms with Crippen molar-refractivity contribution in [3.63, 3.8) is 0 Å². The van der Waals surface area contributed by atoms with Gasteiger partial charge in [0.1, 0.15) is 0 Å². The van der Waals surface area contributed by atoms with Crippen molar-refractivity contribution in [2.45, 2.75) is 38.5 Å². The third kappa shape index (κ3) is 2.54. The molecule has 2 aromatic heterocycles. The first-order valence-electron chi connectivity index (χ1n) is 7.73. The van der Waals surface area contributed by atoms with Gasteiger partial charge in [-0.25, -0.2) is 0 Å². The van der Waals surface area contributed by atoms with Gasteiger partial charge in [0.15, 0.2) is 0 Å². The summed E-state index contributed by atoms with van der Waals surface area (Å²) in [5.41, 5.74) is 5.61. The van der Waals surface area contributed by atoms with E-state index in [1.54, 1.807) is 0 Å². The SMILES string of the molecule is Cc1[nH]ccc1C(=O)N1CCc2[nH]nc(C3CC3)c2CC1.Cl. The van der Waals surface area contributed by atoms with Gasteiger partial charge in [-0.2, -0.15) is 5.10 Å². The van der Waals surface area contributed by atoms with Crippen LogP contribution < -0.4 is 0 Å². The molecule has 0 aromatic carbocycles. The normalized spacial score (nSPS) is 17.6. The highest BCUT2D eigenvalue weighted by Gasteiger charge is 2.31. The zero-order valence-electron chi connectivity index (χ0n) is 12.7. The highest BCUT2D eigenvalue weighted by molar-refractivity contribution is 5.95. The van der Waals surface area contributed by atoms with Crippen molar-refractivity contribution in [1.82, 2.24) is 20.1 Å². The van der Waals surface area contributed by atoms with Crippen LogP contribution in [0.15, 0.2) is 12.3 Å². The molecule has 22 heavy (non-hydrogen) atoms. The summed E-state index contributed by atoms with van der Waals surface area (Å²) in [5, 5.41) is 7.70. The second-order valence-electron chi connectivity index (χ2n) is 6.15. The van der Waals surface area contributed by atoms with E-state index in [-0.39, 0.29) is 18.3 Å². The molecule has 4 rings (SSSR count). The number of H-pyrrole nitrogens is 2. The van der Waals surface area contributed by atoms with Gasteiger partial charge < -0.3 is 9.88 Å². The van der Waals surface area contributed by atoms with Gasteiger partial charge in [0.2, 0.25) is 0 Å². The number of nitrogens with one attached hydrogen (secondary N) is 2. The first-order chi connectivity index (χ1) is 10.2. The summed E-state index contributed by atoms with van der Waals surface area (Å²) in [6.45, 7) is 3.50. The zero-order valence-corrected chi connectivity index (χ0v) is 13.5. The van der Waals surface area contributed by atoms with Gasteiger partial charge in [-0.3, -0.25) is 9.89 Å². The van der Waals surface area contributed by atoms with E-state index in [4.69, 9.17) is 0 Å². The molecule has 1 saturated carbocycles. The molecule has 1 amide bonds. The van der Waals surface area contributed by atoms with Crippen LogP contribution in [-0.2, 0) is 12.8 Å². The van der Waals surface area contributed by atoms with Crippen molar-refractivity contribution in [2.75, 3.05) is 13.1 Å². The fourth-order valence-electron chi connectivity index (χ4n) is 3.26. The molecule has 2 aromatic rings. The molecule has 0 bridgehead atoms. The highest BCUT2D eigenvalue weighted by atomic mass is 35.5. The maximum Gasteiger partial charge on any atom is 0.255 e. The molecule has 3 heterocycles. The van der Waals surface area contributed by atoms with Crippen LogP contribution in [0.2, 0.25) is 0 Å². The smallest absolute Gasteiger partial charge is 0.255 e. The Morgan fingerprint density at radius 1 is 1.32 bits per heavy atom. The van der Waals surface area contributed by atoms with Gasteiger partial charge in [0, 0.05) is 43.0 Å². The van der Waals surface area contributed by atoms with Crippen molar-refractivity contribution in [3.05, 3.63) is 40.5 Å². The molecule has 1 fully saturated rings. The minimum atomic E-state index is 0. The summed E-state index contributed by atoms with van der Waals surface area (Å²) in [7, 11) is 0. The summed E-state index contributed by atoms with van der Waals surface area (Å²) in [6, 6.07) is 1.87. The van der Waals surface area contributed by atoms with E-state index < -0.39 is 0 Å². The molecular formula is C16H21ClN4O. The first kappa shape index (κ1) is 15.2. The molecule has 2 aliphatic rings. The lowest BCUT2D eigenvalue weighted by molar-refractivity contribution is 0.0762. The molecular weight excluding hydrogens is 300 g/mol. The van der Waals surface area contributed by atoms with Gasteiger partial charge in [-0.15, -0.1) is 12.4 Å². The minimum absolute atomic E-state index is 0. The molecule has 0 saturated heterocycles. The van der Waals surface area contributed by atoms with Crippen LogP contribution in [0.4, 0.5) is 0 Å². The van der Waals surface area contributed by atoms with E-state index in [1.165, 1.54) is 29.8 Å². The monoisotopic (exact) mass is 320 g/mol. The number of carbonyl (C=O) groups excluding carboxylic acids is 1. The van der Waals surface area contributed by atoms with E-state index in [9.17, 15) is 4.79 Å². The number of aryl methyl sites for hydroxylation is 1. The van der Waals surface area contributed by atoms with Crippen LogP contribution >= 0.6 is 12.4 Å². The molecule has 0 atom stereocenters. The summed E-state index contributed by atoms with van der Waals surface area (Å²) in [6.07, 6.45) is 6.17. The Morgan fingerprint density at radius 2 is 2.09 bits per heavy atom. The number of aromatic nitrogens is 3. The molecule has 0 spiro atoms. The van der Waals surface area contributed by atoms with Crippen LogP contribution in [0, 0.1) is 6.92 Å². The maximum absolute atomic E-state index is 12.6. The quantitative estimate of drug-likeness (QED) is 0.893. The predicted octanol–water partition coefficient (Wildman–Crippen LogP) is 2.59. The Kier molecular flexibility index (Phi) is 4.00. The molecule has 0 unspecified atom stereocenters. The van der Waals surface area contributed by atoms with Crippen molar-refractivity contribution >= 4 is 18.3 Å². The lowest BCUT2D eigenvalue weighted by atomic mass is 10.1. The topological polar surface area (TPSA) is 64.8 Å². The Morgan fingerprint density at radius 3 is 2.77 bits per heavy atom. The molecule has 1 aliphatic heterocycles. The molecule has 2 N–H and O–H groups in total. The molecule has 0 radical (unpaired) electrons. The second kappa shape index (κ2) is 5.80. The number of nitrogens with zero attached hydrogens (tertiary/aromatic N) is 2. The summed E-state index contributed by atoms with van der Waals surface area (Å²) >= 11 is 0. The second-order valence-corrected chi connectivity index (χ2v) is 6.15. The van der Waals surface area contributed by atoms with Crippen molar-refractivity contribution in [3.8, 4) is 0 Å². The van der Waals surface area contributed by atoms with E-state index in [2.05, 4.69) is 15.2 Å². The number of amides is 1. The van der Waals surface area contributed by atoms with Crippen LogP contribution in [0.3, 0.4) is 0 Å². The van der Waals surface area contributed by atoms with Gasteiger partial charge in [0.25, 0.3) is 5.91 Å². The Balaban J connectivity index is 0.00000144. The Bertz CT molecular complexity index is 686. The lowest BCUT2D eigenvalue weighted by Crippen LogP contribution is -2.33. The van der Waals surface area contributed by atoms with Gasteiger partial charge in [-0.1, -0.05) is 0 Å². The van der Waals surface area contributed by atoms with E-state index >= 15 is 0 Å². The average Bonchev–Trinajstić information content (AvgIpc) is 3.18. The van der Waals surface area contributed by atoms with Gasteiger partial charge in [-0.05, 0) is 37.8 Å². The highest BCUT2D eigenvalue weighted by Crippen LogP contribution is 2.41. The molecule has 1 aliphatic carbocycles. The summed E-state index contributed by atoms with van der Waals surface area (Å²) in [5.74, 6) is 0.805. The van der Waals surface area contributed by atoms with Gasteiger partial charge in [0.05, 0.1) is 11.3 Å². The van der Waals surface area contributed by atoms with Crippen molar-refractivity contribution in [1.29, 1.82) is 0 Å². The summed E-state index contributed by atoms with van der Waals surface area (Å²) < 4.78 is 0. The first-order valence-corrected chi connectivity index (χ1v) is 7.73. The average molecular weight is 321 g/mol. The van der Waals surface area contributed by atoms with Crippen LogP contribution in [0.5, 0.6) is 0 Å². The van der Waals surface area contributed by atoms with Crippen LogP contribution in [0.25, 0.3) is 0 Å². The molecule has 118 valence electrons. The van der Waals surface area contributed by atoms with Gasteiger partial charge >= 0.3 is 0 Å². The third-order valence-corrected chi connectivity index (χ3v) is 4.68. The maximum atomic E-state index is 12.6. The third-order valence-electron chi connectivity index (χ3n) is 4.68. The number of hydrogen-bond acceptors (Lipinski definition) is 2. The fraction of sp³-hybridized carbons (Fsp3) is 0.500. The number of aromatic amines is 2. The largest absolute Gasteiger partial charge is 0.365 e. The Hall–Kier alpha value is -1.75. The number of hydrogen-bond donors (Lipinski definition) is 2. The fourth-order valence-corrected chi connectivity index (χ4v) is 3.26. The number of rotatable bonds is 2. The zero-order chi connectivity index (χ0) is 14.4. The lowest BCUT2D eigenvalue weighted by Gasteiger charge is -2.20. The van der Waals surface area contributed by atoms with E-state index in [0.29, 0.717) is 5.92 Å². The van der Waals surface area contributed by atoms with E-state index in [1.807, 2.05) is 24.1 Å². The predicted molar refractivity (Wildman–Crippen MR) is 86.7 cm³/mol. The van der Waals surface area contributed by atoms with Crippen molar-refractivity contribution in [2.24, 2.45) is 0 Å². The molecule has 5 nitrogen and oxygen atoms in total.